The third-order valence-corrected chi connectivity index (χ3v) is 8.96. The topological polar surface area (TPSA) is 29.3 Å². The van der Waals surface area contributed by atoms with E-state index in [2.05, 4.69) is 155 Å². The maximum atomic E-state index is 6.48. The summed E-state index contributed by atoms with van der Waals surface area (Å²) in [7, 11) is 0. The van der Waals surface area contributed by atoms with Gasteiger partial charge in [-0.05, 0) is 86.3 Å². The van der Waals surface area contributed by atoms with Crippen LogP contribution in [-0.2, 0) is 0 Å². The number of hydrogen-bond donors (Lipinski definition) is 0. The Morgan fingerprint density at radius 3 is 1.87 bits per heavy atom. The number of nitrogens with zero attached hydrogens (tertiary/aromatic N) is 2. The summed E-state index contributed by atoms with van der Waals surface area (Å²) in [6.45, 7) is 0. The number of pyridine rings is 1. The van der Waals surface area contributed by atoms with Crippen LogP contribution in [0.2, 0.25) is 0 Å². The number of para-hydroxylation sites is 1. The standard InChI is InChI=1S/C43H28N2O/c1-2-9-29(10-3-1)30-17-21-33(22-18-30)45(41-16-8-15-39-38-25-26-44-28-42(38)46-43(39)41)34-23-19-31(20-24-34)40-27-32-11-4-5-12-35(32)36-13-6-7-14-37(36)40/h1-28H. The van der Waals surface area contributed by atoms with Gasteiger partial charge in [-0.15, -0.1) is 0 Å². The Labute approximate surface area is 266 Å². The molecule has 9 rings (SSSR count). The van der Waals surface area contributed by atoms with E-state index in [-0.39, 0.29) is 0 Å². The summed E-state index contributed by atoms with van der Waals surface area (Å²) in [6.07, 6.45) is 3.61. The minimum absolute atomic E-state index is 0.780. The number of aromatic nitrogens is 1. The first kappa shape index (κ1) is 26.2. The van der Waals surface area contributed by atoms with E-state index in [1.807, 2.05) is 18.3 Å². The van der Waals surface area contributed by atoms with Gasteiger partial charge in [-0.2, -0.15) is 0 Å². The lowest BCUT2D eigenvalue weighted by Crippen LogP contribution is -2.10. The van der Waals surface area contributed by atoms with Crippen LogP contribution < -0.4 is 4.90 Å². The van der Waals surface area contributed by atoms with Gasteiger partial charge < -0.3 is 9.32 Å². The first-order valence-corrected chi connectivity index (χ1v) is 15.5. The van der Waals surface area contributed by atoms with E-state index in [1.165, 1.54) is 43.8 Å². The summed E-state index contributed by atoms with van der Waals surface area (Å²) < 4.78 is 6.48. The molecule has 216 valence electrons. The number of benzene rings is 7. The van der Waals surface area contributed by atoms with Gasteiger partial charge in [0.1, 0.15) is 0 Å². The summed E-state index contributed by atoms with van der Waals surface area (Å²) in [4.78, 5) is 6.60. The van der Waals surface area contributed by atoms with Crippen molar-refractivity contribution in [1.29, 1.82) is 0 Å². The molecule has 0 aliphatic rings. The highest BCUT2D eigenvalue weighted by molar-refractivity contribution is 6.14. The zero-order valence-electron chi connectivity index (χ0n) is 25.0. The Morgan fingerprint density at radius 2 is 1.09 bits per heavy atom. The molecule has 0 N–H and O–H groups in total. The number of fused-ring (bicyclic) bond motifs is 6. The van der Waals surface area contributed by atoms with E-state index in [0.717, 1.165) is 39.0 Å². The van der Waals surface area contributed by atoms with E-state index < -0.39 is 0 Å². The summed E-state index contributed by atoms with van der Waals surface area (Å²) in [5.41, 5.74) is 9.47. The van der Waals surface area contributed by atoms with Gasteiger partial charge in [-0.25, -0.2) is 0 Å². The number of hydrogen-bond acceptors (Lipinski definition) is 3. The van der Waals surface area contributed by atoms with Crippen molar-refractivity contribution in [2.45, 2.75) is 0 Å². The van der Waals surface area contributed by atoms with Gasteiger partial charge in [-0.1, -0.05) is 115 Å². The normalized spacial score (nSPS) is 11.5. The van der Waals surface area contributed by atoms with Gasteiger partial charge in [0, 0.05) is 28.3 Å². The third-order valence-electron chi connectivity index (χ3n) is 8.96. The van der Waals surface area contributed by atoms with Crippen molar-refractivity contribution in [3.05, 3.63) is 170 Å². The Kier molecular flexibility index (Phi) is 6.14. The van der Waals surface area contributed by atoms with Crippen LogP contribution in [0.1, 0.15) is 0 Å². The zero-order chi connectivity index (χ0) is 30.5. The Bertz CT molecular complexity index is 2510. The molecule has 3 nitrogen and oxygen atoms in total. The van der Waals surface area contributed by atoms with Crippen molar-refractivity contribution in [1.82, 2.24) is 4.98 Å². The maximum Gasteiger partial charge on any atom is 0.159 e. The molecular weight excluding hydrogens is 560 g/mol. The fourth-order valence-electron chi connectivity index (χ4n) is 6.76. The van der Waals surface area contributed by atoms with Gasteiger partial charge in [-0.3, -0.25) is 4.98 Å². The van der Waals surface area contributed by atoms with Gasteiger partial charge >= 0.3 is 0 Å². The fourth-order valence-corrected chi connectivity index (χ4v) is 6.76. The van der Waals surface area contributed by atoms with Crippen LogP contribution >= 0.6 is 0 Å². The third kappa shape index (κ3) is 4.33. The summed E-state index contributed by atoms with van der Waals surface area (Å²) in [5.74, 6) is 0. The smallest absolute Gasteiger partial charge is 0.159 e. The second kappa shape index (κ2) is 10.8. The minimum atomic E-state index is 0.780. The van der Waals surface area contributed by atoms with Gasteiger partial charge in [0.05, 0.1) is 11.9 Å². The van der Waals surface area contributed by atoms with E-state index in [9.17, 15) is 0 Å². The van der Waals surface area contributed by atoms with E-state index >= 15 is 0 Å². The highest BCUT2D eigenvalue weighted by Gasteiger charge is 2.20. The van der Waals surface area contributed by atoms with Crippen molar-refractivity contribution in [3.63, 3.8) is 0 Å². The van der Waals surface area contributed by atoms with Crippen molar-refractivity contribution in [2.75, 3.05) is 4.90 Å². The van der Waals surface area contributed by atoms with Crippen LogP contribution in [0, 0.1) is 0 Å². The Morgan fingerprint density at radius 1 is 0.457 bits per heavy atom. The largest absolute Gasteiger partial charge is 0.452 e. The predicted octanol–water partition coefficient (Wildman–Crippen LogP) is 12.1. The first-order valence-electron chi connectivity index (χ1n) is 15.5. The predicted molar refractivity (Wildman–Crippen MR) is 192 cm³/mol. The van der Waals surface area contributed by atoms with Crippen molar-refractivity contribution < 1.29 is 4.42 Å². The molecule has 9 aromatic rings. The van der Waals surface area contributed by atoms with E-state index in [0.29, 0.717) is 0 Å². The molecule has 0 aliphatic carbocycles. The average molecular weight is 589 g/mol. The maximum absolute atomic E-state index is 6.48. The molecule has 0 saturated heterocycles. The highest BCUT2D eigenvalue weighted by Crippen LogP contribution is 2.43. The highest BCUT2D eigenvalue weighted by atomic mass is 16.3. The SMILES string of the molecule is c1ccc(-c2ccc(N(c3ccc(-c4cc5ccccc5c5ccccc45)cc3)c3cccc4c3oc3cnccc34)cc2)cc1. The van der Waals surface area contributed by atoms with Crippen LogP contribution in [-0.4, -0.2) is 4.98 Å². The Hall–Kier alpha value is -6.19. The zero-order valence-corrected chi connectivity index (χ0v) is 25.0. The molecule has 0 amide bonds. The quantitative estimate of drug-likeness (QED) is 0.187. The van der Waals surface area contributed by atoms with Gasteiger partial charge in [0.25, 0.3) is 0 Å². The fraction of sp³-hybridized carbons (Fsp3) is 0. The molecule has 0 bridgehead atoms. The molecule has 2 heterocycles. The number of rotatable bonds is 5. The van der Waals surface area contributed by atoms with E-state index in [4.69, 9.17) is 4.42 Å². The molecule has 46 heavy (non-hydrogen) atoms. The molecule has 0 radical (unpaired) electrons. The molecule has 0 spiro atoms. The summed E-state index contributed by atoms with van der Waals surface area (Å²) in [5, 5.41) is 7.17. The monoisotopic (exact) mass is 588 g/mol. The minimum Gasteiger partial charge on any atom is -0.452 e. The molecule has 0 aliphatic heterocycles. The number of anilines is 3. The van der Waals surface area contributed by atoms with Crippen LogP contribution in [0.3, 0.4) is 0 Å². The summed E-state index contributed by atoms with van der Waals surface area (Å²) >= 11 is 0. The lowest BCUT2D eigenvalue weighted by atomic mass is 9.93. The molecular formula is C43H28N2O. The molecule has 0 atom stereocenters. The van der Waals surface area contributed by atoms with Crippen molar-refractivity contribution >= 4 is 60.5 Å². The summed E-state index contributed by atoms with van der Waals surface area (Å²) in [6, 6.07) is 56.2. The lowest BCUT2D eigenvalue weighted by Gasteiger charge is -2.26. The van der Waals surface area contributed by atoms with Gasteiger partial charge in [0.15, 0.2) is 11.2 Å². The van der Waals surface area contributed by atoms with Crippen molar-refractivity contribution in [3.8, 4) is 22.3 Å². The number of furan rings is 1. The Balaban J connectivity index is 1.21. The van der Waals surface area contributed by atoms with Gasteiger partial charge in [0.2, 0.25) is 0 Å². The molecule has 3 heteroatoms. The second-order valence-electron chi connectivity index (χ2n) is 11.6. The molecule has 0 saturated carbocycles. The average Bonchev–Trinajstić information content (AvgIpc) is 3.52. The van der Waals surface area contributed by atoms with Crippen molar-refractivity contribution in [2.24, 2.45) is 0 Å². The van der Waals surface area contributed by atoms with Crippen LogP contribution in [0.4, 0.5) is 17.1 Å². The van der Waals surface area contributed by atoms with Crippen LogP contribution in [0.15, 0.2) is 175 Å². The molecule has 0 fully saturated rings. The molecule has 7 aromatic carbocycles. The molecule has 0 unspecified atom stereocenters. The van der Waals surface area contributed by atoms with E-state index in [1.54, 1.807) is 6.20 Å². The first-order chi connectivity index (χ1) is 22.8. The van der Waals surface area contributed by atoms with Crippen LogP contribution in [0.25, 0.3) is 65.7 Å². The second-order valence-corrected chi connectivity index (χ2v) is 11.6. The lowest BCUT2D eigenvalue weighted by molar-refractivity contribution is 0.667. The van der Waals surface area contributed by atoms with Crippen LogP contribution in [0.5, 0.6) is 0 Å². The molecule has 2 aromatic heterocycles.